The number of fused-ring (bicyclic) bond motifs is 1. The van der Waals surface area contributed by atoms with E-state index in [0.29, 0.717) is 6.04 Å². The Morgan fingerprint density at radius 2 is 2.15 bits per heavy atom. The molecule has 4 nitrogen and oxygen atoms in total. The zero-order valence-corrected chi connectivity index (χ0v) is 8.22. The number of nitrogens with zero attached hydrogens (tertiary/aromatic N) is 1. The van der Waals surface area contributed by atoms with E-state index in [1.165, 1.54) is 0 Å². The van der Waals surface area contributed by atoms with E-state index in [2.05, 4.69) is 17.3 Å². The summed E-state index contributed by atoms with van der Waals surface area (Å²) in [6, 6.07) is 0.615. The van der Waals surface area contributed by atoms with Crippen LogP contribution in [0.2, 0.25) is 0 Å². The second-order valence-electron chi connectivity index (χ2n) is 3.86. The van der Waals surface area contributed by atoms with E-state index in [4.69, 9.17) is 0 Å². The van der Waals surface area contributed by atoms with E-state index in [9.17, 15) is 4.79 Å². The van der Waals surface area contributed by atoms with Crippen molar-refractivity contribution >= 4 is 0 Å². The number of aromatic amines is 1. The lowest BCUT2D eigenvalue weighted by molar-refractivity contribution is 0.441. The summed E-state index contributed by atoms with van der Waals surface area (Å²) < 4.78 is 1.56. The van der Waals surface area contributed by atoms with Crippen LogP contribution in [0.1, 0.15) is 31.1 Å². The highest BCUT2D eigenvalue weighted by molar-refractivity contribution is 5.24. The summed E-state index contributed by atoms with van der Waals surface area (Å²) in [5, 5.41) is 6.45. The third-order valence-electron chi connectivity index (χ3n) is 2.64. The fourth-order valence-corrected chi connectivity index (χ4v) is 2.10. The zero-order chi connectivity index (χ0) is 9.59. The van der Waals surface area contributed by atoms with Crippen molar-refractivity contribution in [2.45, 2.75) is 32.4 Å². The minimum absolute atomic E-state index is 0.0990. The molecule has 1 aliphatic heterocycles. The molecule has 0 spiro atoms. The third kappa shape index (κ3) is 1.21. The molecule has 72 valence electrons. The summed E-state index contributed by atoms with van der Waals surface area (Å²) in [7, 11) is 1.76. The molecule has 0 fully saturated rings. The summed E-state index contributed by atoms with van der Waals surface area (Å²) in [5.41, 5.74) is 2.09. The second-order valence-corrected chi connectivity index (χ2v) is 3.86. The van der Waals surface area contributed by atoms with E-state index in [1.54, 1.807) is 11.7 Å². The molecule has 2 rings (SSSR count). The monoisotopic (exact) mass is 181 g/mol. The number of hydrogen-bond donors (Lipinski definition) is 2. The van der Waals surface area contributed by atoms with Gasteiger partial charge in [-0.15, -0.1) is 0 Å². The molecular formula is C9H15N3O. The molecule has 2 unspecified atom stereocenters. The van der Waals surface area contributed by atoms with Gasteiger partial charge in [-0.25, -0.2) is 0 Å². The Morgan fingerprint density at radius 3 is 2.85 bits per heavy atom. The maximum absolute atomic E-state index is 11.6. The van der Waals surface area contributed by atoms with Gasteiger partial charge in [0.05, 0.1) is 5.56 Å². The number of aromatic nitrogens is 2. The molecule has 0 radical (unpaired) electrons. The van der Waals surface area contributed by atoms with Crippen molar-refractivity contribution < 1.29 is 0 Å². The summed E-state index contributed by atoms with van der Waals surface area (Å²) in [6.45, 7) is 4.16. The molecule has 1 aliphatic rings. The van der Waals surface area contributed by atoms with Crippen molar-refractivity contribution in [1.29, 1.82) is 0 Å². The summed E-state index contributed by atoms with van der Waals surface area (Å²) in [5.74, 6) is 0. The number of rotatable bonds is 0. The maximum atomic E-state index is 11.6. The lowest BCUT2D eigenvalue weighted by atomic mass is 9.98. The first-order valence-corrected chi connectivity index (χ1v) is 4.63. The van der Waals surface area contributed by atoms with Crippen molar-refractivity contribution in [3.63, 3.8) is 0 Å². The van der Waals surface area contributed by atoms with Gasteiger partial charge in [-0.1, -0.05) is 0 Å². The highest BCUT2D eigenvalue weighted by Gasteiger charge is 2.25. The molecule has 2 N–H and O–H groups in total. The first kappa shape index (κ1) is 8.56. The van der Waals surface area contributed by atoms with Crippen LogP contribution in [0.25, 0.3) is 0 Å². The van der Waals surface area contributed by atoms with E-state index < -0.39 is 0 Å². The van der Waals surface area contributed by atoms with Crippen molar-refractivity contribution in [1.82, 2.24) is 15.1 Å². The Balaban J connectivity index is 2.56. The predicted molar refractivity (Wildman–Crippen MR) is 50.8 cm³/mol. The molecule has 1 aromatic rings. The van der Waals surface area contributed by atoms with Crippen LogP contribution >= 0.6 is 0 Å². The molecule has 4 heteroatoms. The molecule has 13 heavy (non-hydrogen) atoms. The van der Waals surface area contributed by atoms with Gasteiger partial charge in [-0.05, 0) is 13.8 Å². The molecule has 0 saturated carbocycles. The van der Waals surface area contributed by atoms with Gasteiger partial charge >= 0.3 is 0 Å². The predicted octanol–water partition coefficient (Wildman–Crippen LogP) is 0.309. The number of aryl methyl sites for hydroxylation is 1. The van der Waals surface area contributed by atoms with Gasteiger partial charge in [0.1, 0.15) is 0 Å². The van der Waals surface area contributed by atoms with Crippen LogP contribution in [0.3, 0.4) is 0 Å². The van der Waals surface area contributed by atoms with Gasteiger partial charge < -0.3 is 5.32 Å². The third-order valence-corrected chi connectivity index (χ3v) is 2.64. The Kier molecular flexibility index (Phi) is 1.80. The van der Waals surface area contributed by atoms with E-state index in [-0.39, 0.29) is 11.6 Å². The summed E-state index contributed by atoms with van der Waals surface area (Å²) >= 11 is 0. The minimum Gasteiger partial charge on any atom is -0.307 e. The lowest BCUT2D eigenvalue weighted by Crippen LogP contribution is -2.37. The van der Waals surface area contributed by atoms with Gasteiger partial charge in [-0.3, -0.25) is 14.6 Å². The van der Waals surface area contributed by atoms with Crippen LogP contribution in [0, 0.1) is 0 Å². The van der Waals surface area contributed by atoms with Crippen LogP contribution in [0.5, 0.6) is 0 Å². The Hall–Kier alpha value is -1.03. The smallest absolute Gasteiger partial charge is 0.271 e. The molecule has 2 atom stereocenters. The minimum atomic E-state index is 0.0990. The van der Waals surface area contributed by atoms with E-state index in [0.717, 1.165) is 17.7 Å². The summed E-state index contributed by atoms with van der Waals surface area (Å²) in [4.78, 5) is 11.6. The molecular weight excluding hydrogens is 166 g/mol. The molecule has 1 aromatic heterocycles. The average molecular weight is 181 g/mol. The molecule has 2 heterocycles. The highest BCUT2D eigenvalue weighted by Crippen LogP contribution is 2.19. The standard InChI is InChI=1S/C9H15N3O/c1-5-4-7-8(6(2)10-5)9(13)12(3)11-7/h5-6,10-11H,4H2,1-3H3. The average Bonchev–Trinajstić information content (AvgIpc) is 2.27. The molecule has 0 aromatic carbocycles. The fraction of sp³-hybridized carbons (Fsp3) is 0.667. The topological polar surface area (TPSA) is 49.8 Å². The maximum Gasteiger partial charge on any atom is 0.271 e. The fourth-order valence-electron chi connectivity index (χ4n) is 2.10. The van der Waals surface area contributed by atoms with Crippen LogP contribution < -0.4 is 10.9 Å². The van der Waals surface area contributed by atoms with Crippen LogP contribution in [-0.4, -0.2) is 15.8 Å². The second kappa shape index (κ2) is 2.73. The molecule has 0 aliphatic carbocycles. The quantitative estimate of drug-likeness (QED) is 0.605. The zero-order valence-electron chi connectivity index (χ0n) is 8.22. The van der Waals surface area contributed by atoms with Gasteiger partial charge in [-0.2, -0.15) is 0 Å². The highest BCUT2D eigenvalue weighted by atomic mass is 16.1. The number of nitrogens with one attached hydrogen (secondary N) is 2. The summed E-state index contributed by atoms with van der Waals surface area (Å²) in [6.07, 6.45) is 0.912. The van der Waals surface area contributed by atoms with Gasteiger partial charge in [0.15, 0.2) is 0 Å². The molecule has 0 saturated heterocycles. The first-order chi connectivity index (χ1) is 6.09. The van der Waals surface area contributed by atoms with Crippen LogP contribution in [-0.2, 0) is 13.5 Å². The number of hydrogen-bond acceptors (Lipinski definition) is 2. The van der Waals surface area contributed by atoms with Crippen molar-refractivity contribution in [2.24, 2.45) is 7.05 Å². The van der Waals surface area contributed by atoms with Crippen molar-refractivity contribution in [2.75, 3.05) is 0 Å². The van der Waals surface area contributed by atoms with E-state index in [1.807, 2.05) is 6.92 Å². The van der Waals surface area contributed by atoms with Crippen LogP contribution in [0.15, 0.2) is 4.79 Å². The molecule has 0 bridgehead atoms. The molecule has 0 amide bonds. The van der Waals surface area contributed by atoms with E-state index >= 15 is 0 Å². The van der Waals surface area contributed by atoms with Gasteiger partial charge in [0, 0.05) is 31.2 Å². The Morgan fingerprint density at radius 1 is 1.46 bits per heavy atom. The van der Waals surface area contributed by atoms with Crippen LogP contribution in [0.4, 0.5) is 0 Å². The first-order valence-electron chi connectivity index (χ1n) is 4.63. The Labute approximate surface area is 76.9 Å². The SMILES string of the molecule is CC1Cc2[nH]n(C)c(=O)c2C(C)N1. The largest absolute Gasteiger partial charge is 0.307 e. The lowest BCUT2D eigenvalue weighted by Gasteiger charge is -2.24. The Bertz CT molecular complexity index is 377. The normalized spacial score (nSPS) is 27.3. The van der Waals surface area contributed by atoms with Gasteiger partial charge in [0.25, 0.3) is 5.56 Å². The number of H-pyrrole nitrogens is 1. The van der Waals surface area contributed by atoms with Crippen molar-refractivity contribution in [3.8, 4) is 0 Å². The van der Waals surface area contributed by atoms with Gasteiger partial charge in [0.2, 0.25) is 0 Å². The van der Waals surface area contributed by atoms with Crippen molar-refractivity contribution in [3.05, 3.63) is 21.6 Å².